The first-order valence-electron chi connectivity index (χ1n) is 8.71. The van der Waals surface area contributed by atoms with Crippen molar-refractivity contribution >= 4 is 17.4 Å². The van der Waals surface area contributed by atoms with Gasteiger partial charge >= 0.3 is 0 Å². The molecule has 6 heteroatoms. The molecule has 3 rings (SSSR count). The van der Waals surface area contributed by atoms with Gasteiger partial charge in [0.25, 0.3) is 11.8 Å². The van der Waals surface area contributed by atoms with Crippen LogP contribution in [0.4, 0.5) is 0 Å². The van der Waals surface area contributed by atoms with Crippen LogP contribution in [0.15, 0.2) is 30.0 Å². The number of piperidine rings is 1. The summed E-state index contributed by atoms with van der Waals surface area (Å²) in [5.41, 5.74) is 1.64. The number of rotatable bonds is 5. The topological polar surface area (TPSA) is 70.1 Å². The molecule has 1 N–H and O–H groups in total. The number of carbonyl (C=O) groups excluding carboxylic acids is 2. The number of methoxy groups -OCH3 is 1. The third kappa shape index (κ3) is 3.14. The number of hydrogen-bond acceptors (Lipinski definition) is 5. The fourth-order valence-corrected chi connectivity index (χ4v) is 3.58. The molecule has 1 saturated heterocycles. The van der Waals surface area contributed by atoms with Gasteiger partial charge in [-0.05, 0) is 43.4 Å². The highest BCUT2D eigenvalue weighted by Crippen LogP contribution is 2.34. The molecule has 1 fully saturated rings. The first kappa shape index (κ1) is 17.5. The second kappa shape index (κ2) is 7.27. The molecule has 6 nitrogen and oxygen atoms in total. The first-order valence-corrected chi connectivity index (χ1v) is 8.71. The van der Waals surface area contributed by atoms with E-state index in [1.165, 1.54) is 4.90 Å². The molecule has 0 radical (unpaired) electrons. The van der Waals surface area contributed by atoms with Crippen LogP contribution in [0.2, 0.25) is 0 Å². The van der Waals surface area contributed by atoms with Crippen LogP contribution in [-0.2, 0) is 9.59 Å². The molecule has 2 heterocycles. The average Bonchev–Trinajstić information content (AvgIpc) is 2.91. The molecule has 25 heavy (non-hydrogen) atoms. The Bertz CT molecular complexity index is 696. The molecule has 2 aliphatic heterocycles. The maximum absolute atomic E-state index is 12.9. The van der Waals surface area contributed by atoms with Gasteiger partial charge in [-0.2, -0.15) is 0 Å². The van der Waals surface area contributed by atoms with Crippen molar-refractivity contribution in [3.63, 3.8) is 0 Å². The van der Waals surface area contributed by atoms with Crippen molar-refractivity contribution in [1.29, 1.82) is 0 Å². The molecule has 1 aromatic carbocycles. The lowest BCUT2D eigenvalue weighted by atomic mass is 9.97. The van der Waals surface area contributed by atoms with Gasteiger partial charge in [0.05, 0.1) is 12.7 Å². The van der Waals surface area contributed by atoms with E-state index in [9.17, 15) is 14.7 Å². The molecular weight excluding hydrogens is 320 g/mol. The van der Waals surface area contributed by atoms with Crippen LogP contribution in [-0.4, -0.2) is 60.1 Å². The minimum atomic E-state index is -0.251. The van der Waals surface area contributed by atoms with Gasteiger partial charge in [0.15, 0.2) is 0 Å². The van der Waals surface area contributed by atoms with Gasteiger partial charge in [-0.25, -0.2) is 0 Å². The number of aliphatic hydroxyl groups is 1. The number of benzene rings is 1. The normalized spacial score (nSPS) is 21.3. The number of likely N-dealkylation sites (N-methyl/N-ethyl adjacent to an activating group) is 1. The van der Waals surface area contributed by atoms with Crippen LogP contribution in [0.25, 0.3) is 5.57 Å². The van der Waals surface area contributed by atoms with Crippen molar-refractivity contribution in [1.82, 2.24) is 9.80 Å². The molecule has 0 aliphatic carbocycles. The summed E-state index contributed by atoms with van der Waals surface area (Å²) >= 11 is 0. The molecule has 0 aromatic heterocycles. The van der Waals surface area contributed by atoms with E-state index in [1.54, 1.807) is 26.2 Å². The van der Waals surface area contributed by atoms with Crippen molar-refractivity contribution in [3.8, 4) is 5.75 Å². The van der Waals surface area contributed by atoms with Gasteiger partial charge in [0.2, 0.25) is 0 Å². The van der Waals surface area contributed by atoms with Gasteiger partial charge in [-0.1, -0.05) is 12.1 Å². The Morgan fingerprint density at radius 1 is 1.20 bits per heavy atom. The number of imide groups is 1. The highest BCUT2D eigenvalue weighted by molar-refractivity contribution is 6.35. The molecule has 0 bridgehead atoms. The zero-order chi connectivity index (χ0) is 18.0. The lowest BCUT2D eigenvalue weighted by molar-refractivity contribution is -0.137. The Balaban J connectivity index is 2.04. The third-order valence-corrected chi connectivity index (χ3v) is 4.93. The Morgan fingerprint density at radius 2 is 1.92 bits per heavy atom. The van der Waals surface area contributed by atoms with Gasteiger partial charge < -0.3 is 14.7 Å². The summed E-state index contributed by atoms with van der Waals surface area (Å²) < 4.78 is 5.18. The Morgan fingerprint density at radius 3 is 2.52 bits per heavy atom. The number of amides is 2. The van der Waals surface area contributed by atoms with Crippen LogP contribution in [0.3, 0.4) is 0 Å². The van der Waals surface area contributed by atoms with Crippen molar-refractivity contribution in [2.75, 3.05) is 33.4 Å². The van der Waals surface area contributed by atoms with E-state index in [2.05, 4.69) is 0 Å². The molecule has 0 spiro atoms. The second-order valence-electron chi connectivity index (χ2n) is 6.44. The summed E-state index contributed by atoms with van der Waals surface area (Å²) in [6, 6.07) is 7.20. The average molecular weight is 344 g/mol. The summed E-state index contributed by atoms with van der Waals surface area (Å²) in [6.45, 7) is 3.57. The largest absolute Gasteiger partial charge is 0.497 e. The van der Waals surface area contributed by atoms with E-state index in [0.717, 1.165) is 24.9 Å². The van der Waals surface area contributed by atoms with Crippen LogP contribution >= 0.6 is 0 Å². The van der Waals surface area contributed by atoms with E-state index in [1.807, 2.05) is 17.0 Å². The van der Waals surface area contributed by atoms with E-state index in [-0.39, 0.29) is 24.3 Å². The smallest absolute Gasteiger partial charge is 0.277 e. The van der Waals surface area contributed by atoms with Crippen LogP contribution < -0.4 is 4.74 Å². The molecular formula is C19H24N2O4. The van der Waals surface area contributed by atoms with Gasteiger partial charge in [-0.3, -0.25) is 14.5 Å². The van der Waals surface area contributed by atoms with Crippen LogP contribution in [0, 0.1) is 5.92 Å². The number of ether oxygens (including phenoxy) is 1. The van der Waals surface area contributed by atoms with E-state index in [4.69, 9.17) is 4.74 Å². The number of nitrogens with zero attached hydrogens (tertiary/aromatic N) is 2. The van der Waals surface area contributed by atoms with Crippen LogP contribution in [0.5, 0.6) is 5.75 Å². The predicted octanol–water partition coefficient (Wildman–Crippen LogP) is 1.50. The van der Waals surface area contributed by atoms with Crippen molar-refractivity contribution < 1.29 is 19.4 Å². The SMILES string of the molecule is CCN1C(=O)C(c2ccc(OC)cc2)=C(N2CCCC(CO)C2)C1=O. The summed E-state index contributed by atoms with van der Waals surface area (Å²) in [5.74, 6) is 0.348. The molecule has 1 unspecified atom stereocenters. The van der Waals surface area contributed by atoms with E-state index < -0.39 is 0 Å². The summed E-state index contributed by atoms with van der Waals surface area (Å²) in [5, 5.41) is 9.49. The highest BCUT2D eigenvalue weighted by Gasteiger charge is 2.41. The zero-order valence-electron chi connectivity index (χ0n) is 14.7. The summed E-state index contributed by atoms with van der Waals surface area (Å²) in [6.07, 6.45) is 1.84. The first-order chi connectivity index (χ1) is 12.1. The van der Waals surface area contributed by atoms with Crippen molar-refractivity contribution in [2.45, 2.75) is 19.8 Å². The monoisotopic (exact) mass is 344 g/mol. The second-order valence-corrected chi connectivity index (χ2v) is 6.44. The standard InChI is InChI=1S/C19H24N2O4/c1-3-21-18(23)16(14-6-8-15(25-2)9-7-14)17(19(21)24)20-10-4-5-13(11-20)12-22/h6-9,13,22H,3-5,10-12H2,1-2H3. The minimum Gasteiger partial charge on any atom is -0.497 e. The molecule has 1 atom stereocenters. The third-order valence-electron chi connectivity index (χ3n) is 4.93. The lowest BCUT2D eigenvalue weighted by Gasteiger charge is -2.34. The Labute approximate surface area is 147 Å². The Hall–Kier alpha value is -2.34. The zero-order valence-corrected chi connectivity index (χ0v) is 14.7. The number of hydrogen-bond donors (Lipinski definition) is 1. The summed E-state index contributed by atoms with van der Waals surface area (Å²) in [4.78, 5) is 29.0. The van der Waals surface area contributed by atoms with E-state index >= 15 is 0 Å². The summed E-state index contributed by atoms with van der Waals surface area (Å²) in [7, 11) is 1.59. The maximum Gasteiger partial charge on any atom is 0.277 e. The minimum absolute atomic E-state index is 0.0985. The number of carbonyl (C=O) groups is 2. The predicted molar refractivity (Wildman–Crippen MR) is 93.7 cm³/mol. The maximum atomic E-state index is 12.9. The molecule has 1 aromatic rings. The van der Waals surface area contributed by atoms with Crippen molar-refractivity contribution in [2.24, 2.45) is 5.92 Å². The van der Waals surface area contributed by atoms with Gasteiger partial charge in [0, 0.05) is 26.2 Å². The molecule has 2 aliphatic rings. The molecule has 134 valence electrons. The molecule has 2 amide bonds. The fraction of sp³-hybridized carbons (Fsp3) is 0.474. The van der Waals surface area contributed by atoms with Gasteiger partial charge in [0.1, 0.15) is 11.4 Å². The van der Waals surface area contributed by atoms with E-state index in [0.29, 0.717) is 30.1 Å². The van der Waals surface area contributed by atoms with Crippen LogP contribution in [0.1, 0.15) is 25.3 Å². The fourth-order valence-electron chi connectivity index (χ4n) is 3.58. The molecule has 0 saturated carbocycles. The lowest BCUT2D eigenvalue weighted by Crippen LogP contribution is -2.40. The Kier molecular flexibility index (Phi) is 5.08. The van der Waals surface area contributed by atoms with Gasteiger partial charge in [-0.15, -0.1) is 0 Å². The number of aliphatic hydroxyl groups excluding tert-OH is 1. The quantitative estimate of drug-likeness (QED) is 0.820. The highest BCUT2D eigenvalue weighted by atomic mass is 16.5. The van der Waals surface area contributed by atoms with Crippen molar-refractivity contribution in [3.05, 3.63) is 35.5 Å². The number of likely N-dealkylation sites (tertiary alicyclic amines) is 1.